The van der Waals surface area contributed by atoms with Crippen LogP contribution in [0.5, 0.6) is 0 Å². The van der Waals surface area contributed by atoms with Gasteiger partial charge < -0.3 is 5.32 Å². The Kier molecular flexibility index (Phi) is 17.8. The predicted octanol–water partition coefficient (Wildman–Crippen LogP) is 3.84. The van der Waals surface area contributed by atoms with Crippen LogP contribution in [0.1, 0.15) is 56.0 Å². The van der Waals surface area contributed by atoms with E-state index >= 15 is 0 Å². The number of hydrogen-bond donors (Lipinski definition) is 1. The number of carbonyl (C=O) groups excluding carboxylic acids is 2. The lowest BCUT2D eigenvalue weighted by Gasteiger charge is -2.02. The van der Waals surface area contributed by atoms with Crippen molar-refractivity contribution in [1.29, 1.82) is 0 Å². The molecule has 4 nitrogen and oxygen atoms in total. The van der Waals surface area contributed by atoms with E-state index < -0.39 is 0 Å². The quantitative estimate of drug-likeness (QED) is 0.464. The SMILES string of the molecule is C#CCC.C#CCCN=C(C)C(C)=O.C#CCCNC(=O)c1ccc(C)cc1. The van der Waals surface area contributed by atoms with E-state index in [4.69, 9.17) is 19.3 Å². The van der Waals surface area contributed by atoms with Crippen molar-refractivity contribution in [2.24, 2.45) is 4.99 Å². The Balaban J connectivity index is 0. The molecule has 0 aromatic heterocycles. The highest BCUT2D eigenvalue weighted by molar-refractivity contribution is 6.37. The molecule has 0 aliphatic rings. The Hall–Kier alpha value is -3.29. The molecule has 0 heterocycles. The number of rotatable bonds is 6. The molecule has 0 atom stereocenters. The number of Topliss-reactive ketones (excluding diaryl/α,β-unsaturated/α-hetero) is 1. The van der Waals surface area contributed by atoms with E-state index in [1.54, 1.807) is 19.1 Å². The number of aliphatic imine (C=N–C) groups is 1. The van der Waals surface area contributed by atoms with E-state index in [1.807, 2.05) is 26.0 Å². The molecule has 0 unspecified atom stereocenters. The number of nitrogens with zero attached hydrogens (tertiary/aromatic N) is 1. The van der Waals surface area contributed by atoms with Crippen LogP contribution in [0.3, 0.4) is 0 Å². The van der Waals surface area contributed by atoms with Crippen LogP contribution in [0.15, 0.2) is 29.3 Å². The van der Waals surface area contributed by atoms with Crippen molar-refractivity contribution in [2.75, 3.05) is 13.1 Å². The monoisotopic (exact) mass is 378 g/mol. The summed E-state index contributed by atoms with van der Waals surface area (Å²) < 4.78 is 0. The fourth-order valence-electron chi connectivity index (χ4n) is 1.45. The van der Waals surface area contributed by atoms with Crippen LogP contribution in [0.2, 0.25) is 0 Å². The van der Waals surface area contributed by atoms with Crippen molar-refractivity contribution in [1.82, 2.24) is 5.32 Å². The van der Waals surface area contributed by atoms with Crippen molar-refractivity contribution < 1.29 is 9.59 Å². The standard InChI is InChI=1S/C12H13NO.C8H11NO.C4H6/c1-3-4-9-13-12(14)11-7-5-10(2)6-8-11;1-4-5-6-9-7(2)8(3)10;1-3-4-2/h1,5-8H,4,9H2,2H3,(H,13,14);1H,5-6H2,2-3H3;1H,4H2,2H3. The molecule has 28 heavy (non-hydrogen) atoms. The maximum atomic E-state index is 11.5. The molecule has 0 saturated carbocycles. The average Bonchev–Trinajstić information content (AvgIpc) is 2.69. The van der Waals surface area contributed by atoms with Crippen LogP contribution in [-0.2, 0) is 4.79 Å². The number of amides is 1. The Labute approximate surface area is 170 Å². The van der Waals surface area contributed by atoms with Gasteiger partial charge in [-0.1, -0.05) is 24.6 Å². The zero-order valence-electron chi connectivity index (χ0n) is 17.3. The summed E-state index contributed by atoms with van der Waals surface area (Å²) in [4.78, 5) is 25.9. The summed E-state index contributed by atoms with van der Waals surface area (Å²) in [5.74, 6) is 7.28. The number of aryl methyl sites for hydroxylation is 1. The van der Waals surface area contributed by atoms with Crippen LogP contribution in [0.4, 0.5) is 0 Å². The zero-order valence-corrected chi connectivity index (χ0v) is 17.3. The average molecular weight is 379 g/mol. The molecule has 1 N–H and O–H groups in total. The smallest absolute Gasteiger partial charge is 0.251 e. The number of carbonyl (C=O) groups is 2. The molecule has 1 amide bonds. The van der Waals surface area contributed by atoms with Gasteiger partial charge in [-0.25, -0.2) is 0 Å². The topological polar surface area (TPSA) is 58.5 Å². The number of terminal acetylenes is 3. The largest absolute Gasteiger partial charge is 0.351 e. The van der Waals surface area contributed by atoms with Crippen LogP contribution >= 0.6 is 0 Å². The number of hydrogen-bond acceptors (Lipinski definition) is 3. The minimum atomic E-state index is -0.0692. The number of nitrogens with one attached hydrogen (secondary N) is 1. The van der Waals surface area contributed by atoms with Gasteiger partial charge in [0, 0.05) is 38.3 Å². The van der Waals surface area contributed by atoms with E-state index in [-0.39, 0.29) is 11.7 Å². The lowest BCUT2D eigenvalue weighted by atomic mass is 10.1. The Morgan fingerprint density at radius 3 is 1.96 bits per heavy atom. The lowest BCUT2D eigenvalue weighted by molar-refractivity contribution is -0.111. The van der Waals surface area contributed by atoms with Gasteiger partial charge in [0.1, 0.15) is 0 Å². The molecule has 0 saturated heterocycles. The fraction of sp³-hybridized carbons (Fsp3) is 0.375. The second-order valence-electron chi connectivity index (χ2n) is 5.61. The summed E-state index contributed by atoms with van der Waals surface area (Å²) in [5.41, 5.74) is 2.37. The summed E-state index contributed by atoms with van der Waals surface area (Å²) in [6.45, 7) is 8.21. The highest BCUT2D eigenvalue weighted by Crippen LogP contribution is 2.02. The van der Waals surface area contributed by atoms with Crippen molar-refractivity contribution in [3.05, 3.63) is 35.4 Å². The van der Waals surface area contributed by atoms with E-state index in [0.717, 1.165) is 12.0 Å². The first-order valence-corrected chi connectivity index (χ1v) is 9.01. The van der Waals surface area contributed by atoms with Crippen molar-refractivity contribution >= 4 is 17.4 Å². The molecule has 0 aliphatic carbocycles. The Bertz CT molecular complexity index is 739. The zero-order chi connectivity index (χ0) is 21.8. The third kappa shape index (κ3) is 16.2. The number of benzene rings is 1. The Morgan fingerprint density at radius 2 is 1.54 bits per heavy atom. The first kappa shape index (κ1) is 26.9. The lowest BCUT2D eigenvalue weighted by Crippen LogP contribution is -2.24. The fourth-order valence-corrected chi connectivity index (χ4v) is 1.45. The summed E-state index contributed by atoms with van der Waals surface area (Å²) in [6.07, 6.45) is 16.9. The van der Waals surface area contributed by atoms with E-state index in [1.165, 1.54) is 6.92 Å². The van der Waals surface area contributed by atoms with Gasteiger partial charge in [0.25, 0.3) is 5.91 Å². The first-order chi connectivity index (χ1) is 13.3. The van der Waals surface area contributed by atoms with Gasteiger partial charge >= 0.3 is 0 Å². The van der Waals surface area contributed by atoms with Crippen LogP contribution in [0.25, 0.3) is 0 Å². The molecule has 1 aromatic rings. The maximum Gasteiger partial charge on any atom is 0.251 e. The summed E-state index contributed by atoms with van der Waals surface area (Å²) in [6, 6.07) is 7.44. The molecule has 0 fully saturated rings. The summed E-state index contributed by atoms with van der Waals surface area (Å²) in [5, 5.41) is 2.74. The molecule has 4 heteroatoms. The second-order valence-corrected chi connectivity index (χ2v) is 5.61. The highest BCUT2D eigenvalue weighted by atomic mass is 16.1. The predicted molar refractivity (Wildman–Crippen MR) is 118 cm³/mol. The molecule has 1 aromatic carbocycles. The minimum Gasteiger partial charge on any atom is -0.351 e. The molecule has 1 rings (SSSR count). The molecule has 148 valence electrons. The maximum absolute atomic E-state index is 11.5. The highest BCUT2D eigenvalue weighted by Gasteiger charge is 2.02. The van der Waals surface area contributed by atoms with E-state index in [2.05, 4.69) is 28.1 Å². The number of ketones is 1. The van der Waals surface area contributed by atoms with Gasteiger partial charge in [0.15, 0.2) is 5.78 Å². The van der Waals surface area contributed by atoms with E-state index in [9.17, 15) is 9.59 Å². The van der Waals surface area contributed by atoms with Gasteiger partial charge in [-0.2, -0.15) is 0 Å². The second kappa shape index (κ2) is 18.5. The summed E-state index contributed by atoms with van der Waals surface area (Å²) in [7, 11) is 0. The Morgan fingerprint density at radius 1 is 1.00 bits per heavy atom. The minimum absolute atomic E-state index is 0.0111. The summed E-state index contributed by atoms with van der Waals surface area (Å²) >= 11 is 0. The van der Waals surface area contributed by atoms with Crippen LogP contribution in [-0.4, -0.2) is 30.5 Å². The molecular weight excluding hydrogens is 348 g/mol. The van der Waals surface area contributed by atoms with Gasteiger partial charge in [-0.05, 0) is 26.0 Å². The van der Waals surface area contributed by atoms with Gasteiger partial charge in [0.2, 0.25) is 0 Å². The molecule has 0 spiro atoms. The third-order valence-electron chi connectivity index (χ3n) is 3.19. The third-order valence-corrected chi connectivity index (χ3v) is 3.19. The molecule has 0 aliphatic heterocycles. The first-order valence-electron chi connectivity index (χ1n) is 9.01. The van der Waals surface area contributed by atoms with Crippen LogP contribution in [0, 0.1) is 44.0 Å². The molecule has 0 radical (unpaired) electrons. The normalized spacial score (nSPS) is 9.11. The molecule has 0 bridgehead atoms. The van der Waals surface area contributed by atoms with Crippen molar-refractivity contribution in [3.8, 4) is 37.0 Å². The van der Waals surface area contributed by atoms with Crippen molar-refractivity contribution in [3.63, 3.8) is 0 Å². The van der Waals surface area contributed by atoms with Gasteiger partial charge in [-0.3, -0.25) is 14.6 Å². The van der Waals surface area contributed by atoms with Gasteiger partial charge in [0.05, 0.1) is 12.3 Å². The van der Waals surface area contributed by atoms with Crippen LogP contribution < -0.4 is 5.32 Å². The van der Waals surface area contributed by atoms with E-state index in [0.29, 0.717) is 37.2 Å². The molecular formula is C24H30N2O2. The van der Waals surface area contributed by atoms with Crippen molar-refractivity contribution in [2.45, 2.75) is 47.0 Å². The van der Waals surface area contributed by atoms with Gasteiger partial charge in [-0.15, -0.1) is 37.0 Å².